The van der Waals surface area contributed by atoms with E-state index in [1.165, 1.54) is 25.2 Å². The first-order chi connectivity index (χ1) is 6.05. The van der Waals surface area contributed by atoms with Gasteiger partial charge in [0.1, 0.15) is 5.82 Å². The molecule has 0 unspecified atom stereocenters. The Morgan fingerprint density at radius 1 is 1.38 bits per heavy atom. The van der Waals surface area contributed by atoms with E-state index in [1.54, 1.807) is 6.07 Å². The number of nitrogens with one attached hydrogen (secondary N) is 1. The van der Waals surface area contributed by atoms with Crippen molar-refractivity contribution in [3.05, 3.63) is 35.6 Å². The molecule has 72 valence electrons. The summed E-state index contributed by atoms with van der Waals surface area (Å²) in [6.07, 6.45) is 0. The summed E-state index contributed by atoms with van der Waals surface area (Å²) in [5.41, 5.74) is 0.178. The first kappa shape index (κ1) is 10.1. The predicted octanol–water partition coefficient (Wildman–Crippen LogP) is 0.875. The molecule has 0 radical (unpaired) electrons. The Morgan fingerprint density at radius 3 is 2.54 bits per heavy atom. The van der Waals surface area contributed by atoms with Gasteiger partial charge in [-0.3, -0.25) is 0 Å². The minimum Gasteiger partial charge on any atom is -0.218 e. The molecule has 0 atom stereocenters. The Kier molecular flexibility index (Phi) is 3.00. The number of sulfonamides is 1. The van der Waals surface area contributed by atoms with Gasteiger partial charge in [0.05, 0.1) is 5.75 Å². The van der Waals surface area contributed by atoms with E-state index in [1.807, 2.05) is 0 Å². The lowest BCUT2D eigenvalue weighted by Gasteiger charge is -2.02. The normalized spacial score (nSPS) is 11.5. The summed E-state index contributed by atoms with van der Waals surface area (Å²) >= 11 is 0. The summed E-state index contributed by atoms with van der Waals surface area (Å²) < 4.78 is 37.2. The maximum atomic E-state index is 13.0. The van der Waals surface area contributed by atoms with Crippen molar-refractivity contribution >= 4 is 10.0 Å². The zero-order chi connectivity index (χ0) is 9.90. The van der Waals surface area contributed by atoms with Gasteiger partial charge in [0, 0.05) is 5.56 Å². The lowest BCUT2D eigenvalue weighted by Crippen LogP contribution is -2.20. The summed E-state index contributed by atoms with van der Waals surface area (Å²) in [5, 5.41) is 0. The highest BCUT2D eigenvalue weighted by atomic mass is 32.2. The second kappa shape index (κ2) is 3.85. The molecule has 0 saturated carbocycles. The maximum Gasteiger partial charge on any atom is 0.215 e. The van der Waals surface area contributed by atoms with E-state index in [0.29, 0.717) is 0 Å². The third-order valence-electron chi connectivity index (χ3n) is 1.61. The van der Waals surface area contributed by atoms with Crippen LogP contribution in [-0.2, 0) is 15.8 Å². The van der Waals surface area contributed by atoms with Crippen molar-refractivity contribution < 1.29 is 12.8 Å². The zero-order valence-corrected chi connectivity index (χ0v) is 7.94. The fourth-order valence-electron chi connectivity index (χ4n) is 0.892. The fraction of sp³-hybridized carbons (Fsp3) is 0.250. The van der Waals surface area contributed by atoms with Gasteiger partial charge in [-0.25, -0.2) is 17.5 Å². The van der Waals surface area contributed by atoms with E-state index in [0.717, 1.165) is 0 Å². The van der Waals surface area contributed by atoms with Crippen LogP contribution in [0.3, 0.4) is 0 Å². The Morgan fingerprint density at radius 2 is 2.00 bits per heavy atom. The topological polar surface area (TPSA) is 46.2 Å². The molecule has 0 bridgehead atoms. The highest BCUT2D eigenvalue weighted by Gasteiger charge is 2.11. The molecule has 0 aromatic heterocycles. The van der Waals surface area contributed by atoms with Gasteiger partial charge in [-0.2, -0.15) is 0 Å². The summed E-state index contributed by atoms with van der Waals surface area (Å²) in [7, 11) is -2.08. The Labute approximate surface area is 76.6 Å². The molecule has 0 heterocycles. The van der Waals surface area contributed by atoms with E-state index in [2.05, 4.69) is 4.72 Å². The summed E-state index contributed by atoms with van der Waals surface area (Å²) in [4.78, 5) is 0. The van der Waals surface area contributed by atoms with Crippen molar-refractivity contribution in [2.75, 3.05) is 7.05 Å². The van der Waals surface area contributed by atoms with Crippen LogP contribution in [0.5, 0.6) is 0 Å². The van der Waals surface area contributed by atoms with E-state index < -0.39 is 15.8 Å². The predicted molar refractivity (Wildman–Crippen MR) is 48.1 cm³/mol. The highest BCUT2D eigenvalue weighted by molar-refractivity contribution is 7.88. The fourth-order valence-corrected chi connectivity index (χ4v) is 1.68. The lowest BCUT2D eigenvalue weighted by molar-refractivity contribution is 0.580. The minimum absolute atomic E-state index is 0.178. The average molecular weight is 203 g/mol. The van der Waals surface area contributed by atoms with Crippen LogP contribution in [0, 0.1) is 5.82 Å². The molecule has 1 rings (SSSR count). The van der Waals surface area contributed by atoms with Gasteiger partial charge in [-0.05, 0) is 13.1 Å². The SMILES string of the molecule is CNS(=O)(=O)Cc1ccccc1F. The van der Waals surface area contributed by atoms with Gasteiger partial charge in [0.15, 0.2) is 0 Å². The molecule has 5 heteroatoms. The largest absolute Gasteiger partial charge is 0.218 e. The van der Waals surface area contributed by atoms with Crippen molar-refractivity contribution in [3.63, 3.8) is 0 Å². The summed E-state index contributed by atoms with van der Waals surface area (Å²) in [6, 6.07) is 5.80. The average Bonchev–Trinajstić information content (AvgIpc) is 2.09. The summed E-state index contributed by atoms with van der Waals surface area (Å²) in [5.74, 6) is -0.822. The molecular weight excluding hydrogens is 193 g/mol. The smallest absolute Gasteiger partial charge is 0.215 e. The van der Waals surface area contributed by atoms with Crippen molar-refractivity contribution in [1.82, 2.24) is 4.72 Å². The number of hydrogen-bond donors (Lipinski definition) is 1. The highest BCUT2D eigenvalue weighted by Crippen LogP contribution is 2.09. The van der Waals surface area contributed by atoms with Gasteiger partial charge in [-0.15, -0.1) is 0 Å². The second-order valence-electron chi connectivity index (χ2n) is 2.55. The van der Waals surface area contributed by atoms with Crippen LogP contribution in [0.2, 0.25) is 0 Å². The van der Waals surface area contributed by atoms with E-state index in [9.17, 15) is 12.8 Å². The number of halogens is 1. The van der Waals surface area contributed by atoms with Crippen LogP contribution in [0.15, 0.2) is 24.3 Å². The van der Waals surface area contributed by atoms with Gasteiger partial charge in [0.2, 0.25) is 10.0 Å². The van der Waals surface area contributed by atoms with E-state index in [4.69, 9.17) is 0 Å². The second-order valence-corrected chi connectivity index (χ2v) is 4.48. The molecule has 0 aliphatic rings. The van der Waals surface area contributed by atoms with Crippen LogP contribution < -0.4 is 4.72 Å². The molecule has 0 saturated heterocycles. The molecule has 1 aromatic rings. The summed E-state index contributed by atoms with van der Waals surface area (Å²) in [6.45, 7) is 0. The number of rotatable bonds is 3. The van der Waals surface area contributed by atoms with E-state index in [-0.39, 0.29) is 11.3 Å². The van der Waals surface area contributed by atoms with Crippen LogP contribution >= 0.6 is 0 Å². The molecule has 1 aromatic carbocycles. The van der Waals surface area contributed by atoms with Crippen LogP contribution in [0.1, 0.15) is 5.56 Å². The molecule has 1 N–H and O–H groups in total. The Hall–Kier alpha value is -0.940. The number of hydrogen-bond acceptors (Lipinski definition) is 2. The third kappa shape index (κ3) is 2.78. The lowest BCUT2D eigenvalue weighted by atomic mass is 10.2. The van der Waals surface area contributed by atoms with Crippen molar-refractivity contribution in [2.24, 2.45) is 0 Å². The molecule has 13 heavy (non-hydrogen) atoms. The standard InChI is InChI=1S/C8H10FNO2S/c1-10-13(11,12)6-7-4-2-3-5-8(7)9/h2-5,10H,6H2,1H3. The van der Waals surface area contributed by atoms with Crippen LogP contribution in [0.4, 0.5) is 4.39 Å². The first-order valence-electron chi connectivity index (χ1n) is 3.70. The Balaban J connectivity index is 2.93. The van der Waals surface area contributed by atoms with Crippen LogP contribution in [-0.4, -0.2) is 15.5 Å². The van der Waals surface area contributed by atoms with Crippen molar-refractivity contribution in [3.8, 4) is 0 Å². The molecule has 0 fully saturated rings. The van der Waals surface area contributed by atoms with Gasteiger partial charge in [0.25, 0.3) is 0 Å². The molecular formula is C8H10FNO2S. The van der Waals surface area contributed by atoms with E-state index >= 15 is 0 Å². The molecule has 0 spiro atoms. The third-order valence-corrected chi connectivity index (χ3v) is 2.93. The van der Waals surface area contributed by atoms with Gasteiger partial charge in [-0.1, -0.05) is 18.2 Å². The van der Waals surface area contributed by atoms with Crippen molar-refractivity contribution in [1.29, 1.82) is 0 Å². The first-order valence-corrected chi connectivity index (χ1v) is 5.35. The monoisotopic (exact) mass is 203 g/mol. The zero-order valence-electron chi connectivity index (χ0n) is 7.12. The molecule has 0 aliphatic heterocycles. The Bertz CT molecular complexity index is 389. The molecule has 3 nitrogen and oxygen atoms in total. The van der Waals surface area contributed by atoms with Gasteiger partial charge < -0.3 is 0 Å². The maximum absolute atomic E-state index is 13.0. The quantitative estimate of drug-likeness (QED) is 0.792. The molecule has 0 aliphatic carbocycles. The minimum atomic E-state index is -3.39. The van der Waals surface area contributed by atoms with Crippen molar-refractivity contribution in [2.45, 2.75) is 5.75 Å². The molecule has 0 amide bonds. The van der Waals surface area contributed by atoms with Crippen LogP contribution in [0.25, 0.3) is 0 Å². The van der Waals surface area contributed by atoms with Gasteiger partial charge >= 0.3 is 0 Å². The number of benzene rings is 1.